The normalized spacial score (nSPS) is 10.1. The molecule has 3 heteroatoms. The zero-order valence-electron chi connectivity index (χ0n) is 9.40. The third kappa shape index (κ3) is 1.98. The average Bonchev–Trinajstić information content (AvgIpc) is 2.78. The van der Waals surface area contributed by atoms with Gasteiger partial charge in [-0.3, -0.25) is 4.79 Å². The van der Waals surface area contributed by atoms with Crippen LogP contribution in [0.1, 0.15) is 10.4 Å². The monoisotopic (exact) mass is 214 g/mol. The maximum absolute atomic E-state index is 11.7. The molecule has 1 heterocycles. The fourth-order valence-electron chi connectivity index (χ4n) is 1.56. The Labute approximate surface area is 94.7 Å². The van der Waals surface area contributed by atoms with E-state index in [-0.39, 0.29) is 5.91 Å². The number of aromatic amines is 1. The summed E-state index contributed by atoms with van der Waals surface area (Å²) in [5.74, 6) is 0.0124. The van der Waals surface area contributed by atoms with E-state index < -0.39 is 0 Å². The smallest absolute Gasteiger partial charge is 0.254 e. The predicted molar refractivity (Wildman–Crippen MR) is 64.2 cm³/mol. The van der Waals surface area contributed by atoms with E-state index in [4.69, 9.17) is 0 Å². The fourth-order valence-corrected chi connectivity index (χ4v) is 1.56. The first-order chi connectivity index (χ1) is 7.68. The molecule has 1 N–H and O–H groups in total. The second-order valence-electron chi connectivity index (χ2n) is 3.87. The van der Waals surface area contributed by atoms with E-state index in [2.05, 4.69) is 4.98 Å². The molecule has 0 saturated carbocycles. The number of H-pyrrole nitrogens is 1. The first-order valence-corrected chi connectivity index (χ1v) is 5.14. The van der Waals surface area contributed by atoms with Gasteiger partial charge >= 0.3 is 0 Å². The molecule has 16 heavy (non-hydrogen) atoms. The van der Waals surface area contributed by atoms with E-state index in [0.29, 0.717) is 5.56 Å². The molecule has 1 amide bonds. The Hall–Kier alpha value is -2.03. The molecule has 82 valence electrons. The van der Waals surface area contributed by atoms with Crippen LogP contribution in [0.2, 0.25) is 0 Å². The van der Waals surface area contributed by atoms with Crippen LogP contribution < -0.4 is 0 Å². The van der Waals surface area contributed by atoms with Crippen molar-refractivity contribution >= 4 is 5.91 Å². The van der Waals surface area contributed by atoms with Gasteiger partial charge in [-0.15, -0.1) is 0 Å². The summed E-state index contributed by atoms with van der Waals surface area (Å²) in [6, 6.07) is 11.8. The van der Waals surface area contributed by atoms with Crippen LogP contribution in [0, 0.1) is 0 Å². The molecule has 1 aromatic carbocycles. The van der Waals surface area contributed by atoms with Gasteiger partial charge < -0.3 is 9.88 Å². The van der Waals surface area contributed by atoms with Crippen LogP contribution in [-0.2, 0) is 0 Å². The van der Waals surface area contributed by atoms with Crippen molar-refractivity contribution in [1.82, 2.24) is 9.88 Å². The summed E-state index contributed by atoms with van der Waals surface area (Å²) in [4.78, 5) is 16.4. The maximum Gasteiger partial charge on any atom is 0.254 e. The van der Waals surface area contributed by atoms with E-state index in [9.17, 15) is 4.79 Å². The maximum atomic E-state index is 11.7. The van der Waals surface area contributed by atoms with Crippen LogP contribution in [0.25, 0.3) is 11.3 Å². The van der Waals surface area contributed by atoms with E-state index in [1.54, 1.807) is 25.2 Å². The number of nitrogens with zero attached hydrogens (tertiary/aromatic N) is 1. The van der Waals surface area contributed by atoms with Gasteiger partial charge in [0.2, 0.25) is 0 Å². The fraction of sp³-hybridized carbons (Fsp3) is 0.154. The molecule has 0 radical (unpaired) electrons. The zero-order chi connectivity index (χ0) is 11.5. The van der Waals surface area contributed by atoms with Gasteiger partial charge in [0.15, 0.2) is 0 Å². The number of benzene rings is 1. The molecule has 0 bridgehead atoms. The Kier molecular flexibility index (Phi) is 2.77. The van der Waals surface area contributed by atoms with Crippen LogP contribution >= 0.6 is 0 Å². The summed E-state index contributed by atoms with van der Waals surface area (Å²) in [6.07, 6.45) is 1.74. The highest BCUT2D eigenvalue weighted by atomic mass is 16.2. The SMILES string of the molecule is CN(C)C(=O)c1c[nH]c(-c2ccccc2)c1. The first-order valence-electron chi connectivity index (χ1n) is 5.14. The standard InChI is InChI=1S/C13H14N2O/c1-15(2)13(16)11-8-12(14-9-11)10-6-4-3-5-7-10/h3-9,14H,1-2H3. The van der Waals surface area contributed by atoms with Crippen LogP contribution in [0.4, 0.5) is 0 Å². The van der Waals surface area contributed by atoms with Crippen LogP contribution in [0.5, 0.6) is 0 Å². The third-order valence-electron chi connectivity index (χ3n) is 2.42. The Morgan fingerprint density at radius 2 is 1.88 bits per heavy atom. The van der Waals surface area contributed by atoms with E-state index in [1.165, 1.54) is 0 Å². The van der Waals surface area contributed by atoms with Crippen molar-refractivity contribution in [2.45, 2.75) is 0 Å². The molecule has 0 aliphatic rings. The molecule has 0 saturated heterocycles. The highest BCUT2D eigenvalue weighted by Crippen LogP contribution is 2.18. The summed E-state index contributed by atoms with van der Waals surface area (Å²) >= 11 is 0. The molecule has 0 aliphatic carbocycles. The van der Waals surface area contributed by atoms with Crippen LogP contribution in [0.15, 0.2) is 42.6 Å². The minimum atomic E-state index is 0.0124. The Balaban J connectivity index is 2.30. The van der Waals surface area contributed by atoms with Crippen molar-refractivity contribution in [1.29, 1.82) is 0 Å². The highest BCUT2D eigenvalue weighted by Gasteiger charge is 2.10. The largest absolute Gasteiger partial charge is 0.360 e. The molecular formula is C13H14N2O. The topological polar surface area (TPSA) is 36.1 Å². The number of amides is 1. The number of carbonyl (C=O) groups excluding carboxylic acids is 1. The third-order valence-corrected chi connectivity index (χ3v) is 2.42. The van der Waals surface area contributed by atoms with Crippen molar-refractivity contribution in [2.75, 3.05) is 14.1 Å². The van der Waals surface area contributed by atoms with Gasteiger partial charge in [0.05, 0.1) is 5.56 Å². The molecule has 3 nitrogen and oxygen atoms in total. The summed E-state index contributed by atoms with van der Waals surface area (Å²) < 4.78 is 0. The van der Waals surface area contributed by atoms with Gasteiger partial charge in [-0.05, 0) is 11.6 Å². The van der Waals surface area contributed by atoms with E-state index in [1.807, 2.05) is 36.4 Å². The first kappa shape index (κ1) is 10.5. The number of hydrogen-bond acceptors (Lipinski definition) is 1. The van der Waals surface area contributed by atoms with E-state index in [0.717, 1.165) is 11.3 Å². The van der Waals surface area contributed by atoms with Gasteiger partial charge in [-0.2, -0.15) is 0 Å². The molecule has 1 aromatic heterocycles. The molecule has 0 atom stereocenters. The summed E-state index contributed by atoms with van der Waals surface area (Å²) in [7, 11) is 3.50. The molecule has 2 rings (SSSR count). The lowest BCUT2D eigenvalue weighted by atomic mass is 10.1. The number of carbonyl (C=O) groups is 1. The van der Waals surface area contributed by atoms with Crippen LogP contribution in [-0.4, -0.2) is 29.9 Å². The summed E-state index contributed by atoms with van der Waals surface area (Å²) in [6.45, 7) is 0. The lowest BCUT2D eigenvalue weighted by molar-refractivity contribution is 0.0828. The molecule has 0 spiro atoms. The molecule has 0 unspecified atom stereocenters. The highest BCUT2D eigenvalue weighted by molar-refractivity contribution is 5.95. The molecule has 0 aliphatic heterocycles. The molecule has 0 fully saturated rings. The average molecular weight is 214 g/mol. The van der Waals surface area contributed by atoms with Crippen molar-refractivity contribution in [3.63, 3.8) is 0 Å². The number of rotatable bonds is 2. The van der Waals surface area contributed by atoms with Gasteiger partial charge in [0, 0.05) is 26.0 Å². The second-order valence-corrected chi connectivity index (χ2v) is 3.87. The summed E-state index contributed by atoms with van der Waals surface area (Å²) in [5.41, 5.74) is 2.73. The van der Waals surface area contributed by atoms with Gasteiger partial charge in [0.1, 0.15) is 0 Å². The minimum absolute atomic E-state index is 0.0124. The van der Waals surface area contributed by atoms with Crippen molar-refractivity contribution in [2.24, 2.45) is 0 Å². The number of nitrogens with one attached hydrogen (secondary N) is 1. The second kappa shape index (κ2) is 4.23. The van der Waals surface area contributed by atoms with Crippen molar-refractivity contribution in [3.8, 4) is 11.3 Å². The molecular weight excluding hydrogens is 200 g/mol. The van der Waals surface area contributed by atoms with Gasteiger partial charge in [-0.25, -0.2) is 0 Å². The van der Waals surface area contributed by atoms with E-state index >= 15 is 0 Å². The Morgan fingerprint density at radius 3 is 2.50 bits per heavy atom. The van der Waals surface area contributed by atoms with Gasteiger partial charge in [0.25, 0.3) is 5.91 Å². The van der Waals surface area contributed by atoms with Gasteiger partial charge in [-0.1, -0.05) is 30.3 Å². The number of hydrogen-bond donors (Lipinski definition) is 1. The quantitative estimate of drug-likeness (QED) is 0.818. The Morgan fingerprint density at radius 1 is 1.19 bits per heavy atom. The lowest BCUT2D eigenvalue weighted by Crippen LogP contribution is -2.20. The summed E-state index contributed by atoms with van der Waals surface area (Å²) in [5, 5.41) is 0. The predicted octanol–water partition coefficient (Wildman–Crippen LogP) is 2.38. The lowest BCUT2D eigenvalue weighted by Gasteiger charge is -2.07. The Bertz CT molecular complexity index is 486. The minimum Gasteiger partial charge on any atom is -0.360 e. The van der Waals surface area contributed by atoms with Crippen molar-refractivity contribution in [3.05, 3.63) is 48.2 Å². The van der Waals surface area contributed by atoms with Crippen LogP contribution in [0.3, 0.4) is 0 Å². The number of aromatic nitrogens is 1. The van der Waals surface area contributed by atoms with Crippen molar-refractivity contribution < 1.29 is 4.79 Å². The molecule has 2 aromatic rings. The zero-order valence-corrected chi connectivity index (χ0v) is 9.40.